The number of carbonyl (C=O) groups is 1. The number of rotatable bonds is 6. The SMILES string of the molecule is Cc1cccc(C(=O)Nc2cc(S(=O)(=O)N3CCCCC3)ccc2N2CCCCC2)c1[N+](=O)[O-]. The number of nitro groups is 1. The average molecular weight is 487 g/mol. The summed E-state index contributed by atoms with van der Waals surface area (Å²) in [7, 11) is -3.71. The van der Waals surface area contributed by atoms with E-state index < -0.39 is 20.9 Å². The van der Waals surface area contributed by atoms with E-state index in [9.17, 15) is 23.3 Å². The second-order valence-corrected chi connectivity index (χ2v) is 10.8. The number of hydrogen-bond acceptors (Lipinski definition) is 6. The largest absolute Gasteiger partial charge is 0.370 e. The van der Waals surface area contributed by atoms with Crippen LogP contribution in [0.4, 0.5) is 17.1 Å². The average Bonchev–Trinajstić information content (AvgIpc) is 2.84. The van der Waals surface area contributed by atoms with Crippen LogP contribution >= 0.6 is 0 Å². The summed E-state index contributed by atoms with van der Waals surface area (Å²) in [6.45, 7) is 4.14. The lowest BCUT2D eigenvalue weighted by Crippen LogP contribution is -2.36. The van der Waals surface area contributed by atoms with Crippen molar-refractivity contribution in [3.05, 3.63) is 57.6 Å². The van der Waals surface area contributed by atoms with Gasteiger partial charge in [-0.1, -0.05) is 18.6 Å². The number of aryl methyl sites for hydroxylation is 1. The Morgan fingerprint density at radius 1 is 0.971 bits per heavy atom. The summed E-state index contributed by atoms with van der Waals surface area (Å²) in [5.74, 6) is -0.638. The molecule has 2 aliphatic rings. The Bertz CT molecular complexity index is 1190. The molecular formula is C24H30N4O5S. The van der Waals surface area contributed by atoms with Gasteiger partial charge in [0.15, 0.2) is 0 Å². The minimum Gasteiger partial charge on any atom is -0.370 e. The molecule has 2 fully saturated rings. The molecule has 2 heterocycles. The van der Waals surface area contributed by atoms with Crippen LogP contribution in [0.3, 0.4) is 0 Å². The highest BCUT2D eigenvalue weighted by Gasteiger charge is 2.29. The van der Waals surface area contributed by atoms with Crippen LogP contribution in [0.25, 0.3) is 0 Å². The summed E-state index contributed by atoms with van der Waals surface area (Å²) in [5.41, 5.74) is 1.15. The molecule has 1 N–H and O–H groups in total. The summed E-state index contributed by atoms with van der Waals surface area (Å²) >= 11 is 0. The fourth-order valence-corrected chi connectivity index (χ4v) is 6.26. The predicted molar refractivity (Wildman–Crippen MR) is 131 cm³/mol. The van der Waals surface area contributed by atoms with Gasteiger partial charge in [-0.15, -0.1) is 0 Å². The van der Waals surface area contributed by atoms with E-state index >= 15 is 0 Å². The van der Waals surface area contributed by atoms with E-state index in [1.807, 2.05) is 0 Å². The summed E-state index contributed by atoms with van der Waals surface area (Å²) < 4.78 is 28.1. The lowest BCUT2D eigenvalue weighted by molar-refractivity contribution is -0.385. The Kier molecular flexibility index (Phi) is 7.18. The molecule has 182 valence electrons. The summed E-state index contributed by atoms with van der Waals surface area (Å²) in [5, 5.41) is 14.4. The Morgan fingerprint density at radius 3 is 2.26 bits per heavy atom. The molecule has 2 aromatic rings. The van der Waals surface area contributed by atoms with Crippen molar-refractivity contribution in [2.75, 3.05) is 36.4 Å². The molecule has 0 aromatic heterocycles. The van der Waals surface area contributed by atoms with Crippen molar-refractivity contribution in [3.63, 3.8) is 0 Å². The van der Waals surface area contributed by atoms with Gasteiger partial charge in [-0.25, -0.2) is 8.42 Å². The summed E-state index contributed by atoms with van der Waals surface area (Å²) in [6.07, 6.45) is 5.79. The van der Waals surface area contributed by atoms with Gasteiger partial charge in [-0.3, -0.25) is 14.9 Å². The Balaban J connectivity index is 1.73. The molecule has 2 aromatic carbocycles. The second kappa shape index (κ2) is 10.1. The zero-order valence-electron chi connectivity index (χ0n) is 19.3. The summed E-state index contributed by atoms with van der Waals surface area (Å²) in [6, 6.07) is 9.42. The molecule has 0 saturated carbocycles. The summed E-state index contributed by atoms with van der Waals surface area (Å²) in [4.78, 5) is 26.5. The van der Waals surface area contributed by atoms with Crippen molar-refractivity contribution < 1.29 is 18.1 Å². The molecule has 2 saturated heterocycles. The number of nitro benzene ring substituents is 1. The van der Waals surface area contributed by atoms with E-state index in [2.05, 4.69) is 10.2 Å². The molecule has 0 aliphatic carbocycles. The minimum atomic E-state index is -3.71. The van der Waals surface area contributed by atoms with Gasteiger partial charge in [0, 0.05) is 31.7 Å². The fourth-order valence-electron chi connectivity index (χ4n) is 4.71. The molecule has 4 rings (SSSR count). The first-order valence-corrected chi connectivity index (χ1v) is 13.2. The number of nitrogens with zero attached hydrogens (tertiary/aromatic N) is 3. The Morgan fingerprint density at radius 2 is 1.62 bits per heavy atom. The van der Waals surface area contributed by atoms with Crippen LogP contribution in [0.2, 0.25) is 0 Å². The van der Waals surface area contributed by atoms with Crippen molar-refractivity contribution in [1.82, 2.24) is 4.31 Å². The van der Waals surface area contributed by atoms with Crippen LogP contribution in [0.1, 0.15) is 54.4 Å². The maximum Gasteiger partial charge on any atom is 0.285 e. The monoisotopic (exact) mass is 486 g/mol. The van der Waals surface area contributed by atoms with E-state index in [0.717, 1.165) is 57.3 Å². The smallest absolute Gasteiger partial charge is 0.285 e. The van der Waals surface area contributed by atoms with Crippen LogP contribution in [0.5, 0.6) is 0 Å². The zero-order chi connectivity index (χ0) is 24.3. The van der Waals surface area contributed by atoms with Gasteiger partial charge in [0.2, 0.25) is 10.0 Å². The Hall–Kier alpha value is -2.98. The highest BCUT2D eigenvalue weighted by atomic mass is 32.2. The number of amides is 1. The van der Waals surface area contributed by atoms with Gasteiger partial charge >= 0.3 is 0 Å². The first kappa shape index (κ1) is 24.2. The first-order chi connectivity index (χ1) is 16.3. The van der Waals surface area contributed by atoms with Gasteiger partial charge in [0.25, 0.3) is 11.6 Å². The highest BCUT2D eigenvalue weighted by Crippen LogP contribution is 2.34. The first-order valence-electron chi connectivity index (χ1n) is 11.7. The highest BCUT2D eigenvalue weighted by molar-refractivity contribution is 7.89. The van der Waals surface area contributed by atoms with Crippen molar-refractivity contribution >= 4 is 33.0 Å². The van der Waals surface area contributed by atoms with Crippen LogP contribution < -0.4 is 10.2 Å². The Labute approximate surface area is 200 Å². The number of sulfonamides is 1. The predicted octanol–water partition coefficient (Wildman–Crippen LogP) is 4.32. The third-order valence-corrected chi connectivity index (χ3v) is 8.43. The number of para-hydroxylation sites is 1. The van der Waals surface area contributed by atoms with Gasteiger partial charge < -0.3 is 10.2 Å². The molecule has 0 radical (unpaired) electrons. The third kappa shape index (κ3) is 4.92. The second-order valence-electron chi connectivity index (χ2n) is 8.87. The molecular weight excluding hydrogens is 456 g/mol. The topological polar surface area (TPSA) is 113 Å². The van der Waals surface area contributed by atoms with Crippen LogP contribution in [0, 0.1) is 17.0 Å². The number of carbonyl (C=O) groups excluding carboxylic acids is 1. The van der Waals surface area contributed by atoms with Crippen molar-refractivity contribution in [2.45, 2.75) is 50.3 Å². The molecule has 1 amide bonds. The van der Waals surface area contributed by atoms with E-state index in [-0.39, 0.29) is 16.1 Å². The maximum atomic E-state index is 13.3. The molecule has 0 spiro atoms. The van der Waals surface area contributed by atoms with E-state index in [1.165, 1.54) is 16.4 Å². The minimum absolute atomic E-state index is 0.0566. The molecule has 9 nitrogen and oxygen atoms in total. The van der Waals surface area contributed by atoms with E-state index in [4.69, 9.17) is 0 Å². The lowest BCUT2D eigenvalue weighted by atomic mass is 10.1. The fraction of sp³-hybridized carbons (Fsp3) is 0.458. The lowest BCUT2D eigenvalue weighted by Gasteiger charge is -2.31. The van der Waals surface area contributed by atoms with Crippen molar-refractivity contribution in [3.8, 4) is 0 Å². The number of piperidine rings is 2. The number of hydrogen-bond donors (Lipinski definition) is 1. The molecule has 2 aliphatic heterocycles. The maximum absolute atomic E-state index is 13.3. The third-order valence-electron chi connectivity index (χ3n) is 6.53. The van der Waals surface area contributed by atoms with Crippen LogP contribution in [-0.2, 0) is 10.0 Å². The van der Waals surface area contributed by atoms with Crippen molar-refractivity contribution in [2.24, 2.45) is 0 Å². The molecule has 34 heavy (non-hydrogen) atoms. The molecule has 0 atom stereocenters. The quantitative estimate of drug-likeness (QED) is 0.481. The van der Waals surface area contributed by atoms with Gasteiger partial charge in [0.1, 0.15) is 5.56 Å². The van der Waals surface area contributed by atoms with Gasteiger partial charge in [-0.05, 0) is 63.3 Å². The normalized spacial score (nSPS) is 17.4. The van der Waals surface area contributed by atoms with Gasteiger partial charge in [-0.2, -0.15) is 4.31 Å². The van der Waals surface area contributed by atoms with Gasteiger partial charge in [0.05, 0.1) is 21.2 Å². The van der Waals surface area contributed by atoms with E-state index in [1.54, 1.807) is 31.2 Å². The number of anilines is 2. The van der Waals surface area contributed by atoms with Crippen molar-refractivity contribution in [1.29, 1.82) is 0 Å². The molecule has 10 heteroatoms. The number of benzene rings is 2. The standard InChI is InChI=1S/C24H30N4O5S/c1-18-9-8-10-20(23(18)28(30)31)24(29)25-21-17-19(34(32,33)27-15-6-3-7-16-27)11-12-22(21)26-13-4-2-5-14-26/h8-12,17H,2-7,13-16H2,1H3,(H,25,29). The molecule has 0 bridgehead atoms. The number of nitrogens with one attached hydrogen (secondary N) is 1. The van der Waals surface area contributed by atoms with E-state index in [0.29, 0.717) is 24.3 Å². The molecule has 0 unspecified atom stereocenters. The zero-order valence-corrected chi connectivity index (χ0v) is 20.1. The van der Waals surface area contributed by atoms with Crippen LogP contribution in [-0.4, -0.2) is 49.7 Å². The van der Waals surface area contributed by atoms with Crippen LogP contribution in [0.15, 0.2) is 41.3 Å².